The molecule has 0 bridgehead atoms. The number of carbonyl (C=O) groups is 1. The Hall–Kier alpha value is -0.610. The van der Waals surface area contributed by atoms with Crippen LogP contribution in [0, 0.1) is 5.92 Å². The molecule has 1 aliphatic rings. The van der Waals surface area contributed by atoms with Crippen LogP contribution < -0.4 is 11.3 Å². The molecule has 0 saturated heterocycles. The van der Waals surface area contributed by atoms with E-state index in [0.29, 0.717) is 6.42 Å². The van der Waals surface area contributed by atoms with Crippen LogP contribution in [0.4, 0.5) is 0 Å². The van der Waals surface area contributed by atoms with E-state index < -0.39 is 0 Å². The SMILES string of the molecule is CC1CCC(N(C)CCCCCC(=O)NN)CC1. The molecule has 106 valence electrons. The molecule has 0 atom stereocenters. The highest BCUT2D eigenvalue weighted by Crippen LogP contribution is 2.26. The van der Waals surface area contributed by atoms with Gasteiger partial charge in [-0.25, -0.2) is 5.84 Å². The van der Waals surface area contributed by atoms with Gasteiger partial charge in [-0.3, -0.25) is 10.2 Å². The average Bonchev–Trinajstić information content (AvgIpc) is 2.38. The first-order valence-corrected chi connectivity index (χ1v) is 7.33. The molecule has 1 fully saturated rings. The van der Waals surface area contributed by atoms with Gasteiger partial charge >= 0.3 is 0 Å². The molecule has 1 aliphatic carbocycles. The van der Waals surface area contributed by atoms with E-state index in [1.54, 1.807) is 0 Å². The van der Waals surface area contributed by atoms with Gasteiger partial charge in [-0.2, -0.15) is 0 Å². The van der Waals surface area contributed by atoms with Crippen LogP contribution in [0.25, 0.3) is 0 Å². The van der Waals surface area contributed by atoms with Gasteiger partial charge in [0.25, 0.3) is 0 Å². The third-order valence-electron chi connectivity index (χ3n) is 4.18. The smallest absolute Gasteiger partial charge is 0.233 e. The Bertz CT molecular complexity index is 237. The van der Waals surface area contributed by atoms with E-state index in [-0.39, 0.29) is 5.91 Å². The lowest BCUT2D eigenvalue weighted by atomic mass is 9.87. The first-order chi connectivity index (χ1) is 8.63. The summed E-state index contributed by atoms with van der Waals surface area (Å²) in [6.45, 7) is 3.52. The Morgan fingerprint density at radius 3 is 2.50 bits per heavy atom. The van der Waals surface area contributed by atoms with E-state index in [4.69, 9.17) is 5.84 Å². The molecule has 0 aliphatic heterocycles. The molecule has 3 N–H and O–H groups in total. The third kappa shape index (κ3) is 5.83. The van der Waals surface area contributed by atoms with Crippen molar-refractivity contribution in [1.29, 1.82) is 0 Å². The van der Waals surface area contributed by atoms with E-state index >= 15 is 0 Å². The Balaban J connectivity index is 2.03. The number of hydrogen-bond donors (Lipinski definition) is 2. The van der Waals surface area contributed by atoms with Crippen molar-refractivity contribution in [3.8, 4) is 0 Å². The van der Waals surface area contributed by atoms with Crippen molar-refractivity contribution < 1.29 is 4.79 Å². The third-order valence-corrected chi connectivity index (χ3v) is 4.18. The molecule has 1 rings (SSSR count). The van der Waals surface area contributed by atoms with Gasteiger partial charge in [-0.1, -0.05) is 13.3 Å². The number of rotatable bonds is 7. The van der Waals surface area contributed by atoms with Crippen LogP contribution >= 0.6 is 0 Å². The lowest BCUT2D eigenvalue weighted by Gasteiger charge is -2.33. The quantitative estimate of drug-likeness (QED) is 0.317. The zero-order valence-electron chi connectivity index (χ0n) is 12.0. The van der Waals surface area contributed by atoms with Gasteiger partial charge in [0, 0.05) is 12.5 Å². The number of hydrazine groups is 1. The zero-order valence-corrected chi connectivity index (χ0v) is 12.0. The summed E-state index contributed by atoms with van der Waals surface area (Å²) in [4.78, 5) is 13.4. The van der Waals surface area contributed by atoms with Gasteiger partial charge in [0.05, 0.1) is 0 Å². The molecule has 1 amide bonds. The summed E-state index contributed by atoms with van der Waals surface area (Å²) in [5.74, 6) is 5.91. The molecule has 0 unspecified atom stereocenters. The predicted octanol–water partition coefficient (Wildman–Crippen LogP) is 2.05. The van der Waals surface area contributed by atoms with E-state index in [1.807, 2.05) is 0 Å². The summed E-state index contributed by atoms with van der Waals surface area (Å²) in [6, 6.07) is 0.786. The molecule has 4 heteroatoms. The normalized spacial score (nSPS) is 24.2. The summed E-state index contributed by atoms with van der Waals surface area (Å²) in [7, 11) is 2.24. The lowest BCUT2D eigenvalue weighted by Crippen LogP contribution is -2.35. The van der Waals surface area contributed by atoms with Crippen LogP contribution in [-0.2, 0) is 4.79 Å². The second-order valence-electron chi connectivity index (χ2n) is 5.77. The molecule has 4 nitrogen and oxygen atoms in total. The monoisotopic (exact) mass is 255 g/mol. The van der Waals surface area contributed by atoms with E-state index in [9.17, 15) is 4.79 Å². The minimum atomic E-state index is -0.0513. The summed E-state index contributed by atoms with van der Waals surface area (Å²) in [5, 5.41) is 0. The molecular weight excluding hydrogens is 226 g/mol. The molecule has 0 radical (unpaired) electrons. The second-order valence-corrected chi connectivity index (χ2v) is 5.77. The summed E-state index contributed by atoms with van der Waals surface area (Å²) < 4.78 is 0. The van der Waals surface area contributed by atoms with Crippen molar-refractivity contribution >= 4 is 5.91 Å². The van der Waals surface area contributed by atoms with E-state index in [2.05, 4.69) is 24.3 Å². The van der Waals surface area contributed by atoms with Crippen molar-refractivity contribution in [2.45, 2.75) is 64.3 Å². The fourth-order valence-electron chi connectivity index (χ4n) is 2.76. The largest absolute Gasteiger partial charge is 0.303 e. The Kier molecular flexibility index (Phi) is 7.28. The lowest BCUT2D eigenvalue weighted by molar-refractivity contribution is -0.121. The van der Waals surface area contributed by atoms with Crippen LogP contribution in [0.3, 0.4) is 0 Å². The fourth-order valence-corrected chi connectivity index (χ4v) is 2.76. The van der Waals surface area contributed by atoms with Gasteiger partial charge in [0.1, 0.15) is 0 Å². The van der Waals surface area contributed by atoms with Gasteiger partial charge in [-0.15, -0.1) is 0 Å². The number of nitrogens with zero attached hydrogens (tertiary/aromatic N) is 1. The van der Waals surface area contributed by atoms with Crippen LogP contribution in [0.2, 0.25) is 0 Å². The standard InChI is InChI=1S/C14H29N3O/c1-12-7-9-13(10-8-12)17(2)11-5-3-4-6-14(18)16-15/h12-13H,3-11,15H2,1-2H3,(H,16,18). The fraction of sp³-hybridized carbons (Fsp3) is 0.929. The molecule has 1 saturated carbocycles. The molecule has 0 aromatic heterocycles. The molecular formula is C14H29N3O. The number of unbranched alkanes of at least 4 members (excludes halogenated alkanes) is 2. The van der Waals surface area contributed by atoms with Crippen molar-refractivity contribution in [3.05, 3.63) is 0 Å². The first kappa shape index (κ1) is 15.4. The zero-order chi connectivity index (χ0) is 13.4. The molecule has 18 heavy (non-hydrogen) atoms. The van der Waals surface area contributed by atoms with Crippen LogP contribution in [0.15, 0.2) is 0 Å². The topological polar surface area (TPSA) is 58.4 Å². The number of nitrogens with one attached hydrogen (secondary N) is 1. The number of carbonyl (C=O) groups excluding carboxylic acids is 1. The van der Waals surface area contributed by atoms with Gasteiger partial charge in [0.15, 0.2) is 0 Å². The average molecular weight is 255 g/mol. The van der Waals surface area contributed by atoms with Crippen molar-refractivity contribution in [2.24, 2.45) is 11.8 Å². The highest BCUT2D eigenvalue weighted by Gasteiger charge is 2.20. The molecule has 0 aromatic carbocycles. The predicted molar refractivity (Wildman–Crippen MR) is 74.8 cm³/mol. The summed E-state index contributed by atoms with van der Waals surface area (Å²) >= 11 is 0. The van der Waals surface area contributed by atoms with Crippen molar-refractivity contribution in [3.63, 3.8) is 0 Å². The number of nitrogens with two attached hydrogens (primary N) is 1. The maximum Gasteiger partial charge on any atom is 0.233 e. The highest BCUT2D eigenvalue weighted by molar-refractivity contribution is 5.74. The van der Waals surface area contributed by atoms with E-state index in [0.717, 1.165) is 31.3 Å². The minimum absolute atomic E-state index is 0.0513. The molecule has 0 spiro atoms. The maximum atomic E-state index is 10.9. The summed E-state index contributed by atoms with van der Waals surface area (Å²) in [6.07, 6.45) is 9.26. The van der Waals surface area contributed by atoms with Gasteiger partial charge in [-0.05, 0) is 58.0 Å². The Morgan fingerprint density at radius 1 is 1.22 bits per heavy atom. The Morgan fingerprint density at radius 2 is 1.89 bits per heavy atom. The van der Waals surface area contributed by atoms with Crippen LogP contribution in [0.1, 0.15) is 58.3 Å². The highest BCUT2D eigenvalue weighted by atomic mass is 16.2. The van der Waals surface area contributed by atoms with Crippen LogP contribution in [0.5, 0.6) is 0 Å². The summed E-state index contributed by atoms with van der Waals surface area (Å²) in [5.41, 5.74) is 2.17. The Labute approximate surface area is 111 Å². The van der Waals surface area contributed by atoms with Crippen molar-refractivity contribution in [2.75, 3.05) is 13.6 Å². The first-order valence-electron chi connectivity index (χ1n) is 7.33. The maximum absolute atomic E-state index is 10.9. The van der Waals surface area contributed by atoms with Crippen molar-refractivity contribution in [1.82, 2.24) is 10.3 Å². The number of hydrogen-bond acceptors (Lipinski definition) is 3. The van der Waals surface area contributed by atoms with Gasteiger partial charge < -0.3 is 4.90 Å². The second kappa shape index (κ2) is 8.48. The van der Waals surface area contributed by atoms with Gasteiger partial charge in [0.2, 0.25) is 5.91 Å². The number of amides is 1. The van der Waals surface area contributed by atoms with Crippen LogP contribution in [-0.4, -0.2) is 30.4 Å². The van der Waals surface area contributed by atoms with E-state index in [1.165, 1.54) is 32.1 Å². The molecule has 0 aromatic rings. The minimum Gasteiger partial charge on any atom is -0.303 e. The molecule has 0 heterocycles.